The van der Waals surface area contributed by atoms with Gasteiger partial charge in [-0.3, -0.25) is 0 Å². The first kappa shape index (κ1) is 19.4. The SMILES string of the molecule is Cc1ccc(-c2cc(-c3ccc4ccccc4c3)nc(-c3ccc4ccccc4c3)n2)cc1. The smallest absolute Gasteiger partial charge is 0.160 e. The van der Waals surface area contributed by atoms with Crippen LogP contribution < -0.4 is 0 Å². The van der Waals surface area contributed by atoms with Crippen molar-refractivity contribution in [3.8, 4) is 33.9 Å². The first-order valence-electron chi connectivity index (χ1n) is 11.2. The molecule has 5 aromatic carbocycles. The lowest BCUT2D eigenvalue weighted by atomic mass is 10.0. The molecule has 0 radical (unpaired) electrons. The first-order chi connectivity index (χ1) is 16.2. The van der Waals surface area contributed by atoms with Crippen LogP contribution in [0.5, 0.6) is 0 Å². The number of nitrogens with zero attached hydrogens (tertiary/aromatic N) is 2. The van der Waals surface area contributed by atoms with E-state index < -0.39 is 0 Å². The van der Waals surface area contributed by atoms with Crippen LogP contribution in [0.2, 0.25) is 0 Å². The Morgan fingerprint density at radius 2 is 0.909 bits per heavy atom. The van der Waals surface area contributed by atoms with Crippen molar-refractivity contribution >= 4 is 21.5 Å². The maximum atomic E-state index is 5.02. The maximum absolute atomic E-state index is 5.02. The monoisotopic (exact) mass is 422 g/mol. The minimum absolute atomic E-state index is 0.738. The van der Waals surface area contributed by atoms with Gasteiger partial charge in [0, 0.05) is 16.7 Å². The fourth-order valence-corrected chi connectivity index (χ4v) is 4.27. The third-order valence-electron chi connectivity index (χ3n) is 6.13. The van der Waals surface area contributed by atoms with Crippen molar-refractivity contribution in [2.75, 3.05) is 0 Å². The zero-order valence-corrected chi connectivity index (χ0v) is 18.4. The number of hydrogen-bond donors (Lipinski definition) is 0. The summed E-state index contributed by atoms with van der Waals surface area (Å²) in [7, 11) is 0. The minimum atomic E-state index is 0.738. The van der Waals surface area contributed by atoms with Crippen molar-refractivity contribution in [2.24, 2.45) is 0 Å². The molecule has 33 heavy (non-hydrogen) atoms. The van der Waals surface area contributed by atoms with Gasteiger partial charge in [-0.15, -0.1) is 0 Å². The summed E-state index contributed by atoms with van der Waals surface area (Å²) in [4.78, 5) is 10.0. The molecule has 6 rings (SSSR count). The molecule has 0 atom stereocenters. The number of benzene rings is 5. The third-order valence-corrected chi connectivity index (χ3v) is 6.13. The fourth-order valence-electron chi connectivity index (χ4n) is 4.27. The number of fused-ring (bicyclic) bond motifs is 2. The van der Waals surface area contributed by atoms with E-state index in [0.29, 0.717) is 0 Å². The highest BCUT2D eigenvalue weighted by atomic mass is 14.9. The Labute approximate surface area is 193 Å². The van der Waals surface area contributed by atoms with Gasteiger partial charge in [0.05, 0.1) is 11.4 Å². The molecule has 0 aliphatic carbocycles. The first-order valence-corrected chi connectivity index (χ1v) is 11.2. The van der Waals surface area contributed by atoms with E-state index >= 15 is 0 Å². The molecule has 0 bridgehead atoms. The van der Waals surface area contributed by atoms with Gasteiger partial charge < -0.3 is 0 Å². The van der Waals surface area contributed by atoms with E-state index in [4.69, 9.17) is 9.97 Å². The molecule has 0 saturated heterocycles. The second-order valence-electron chi connectivity index (χ2n) is 8.45. The molecule has 0 N–H and O–H groups in total. The number of hydrogen-bond acceptors (Lipinski definition) is 2. The summed E-state index contributed by atoms with van der Waals surface area (Å²) in [5.41, 5.74) is 6.28. The largest absolute Gasteiger partial charge is 0.228 e. The standard InChI is InChI=1S/C31H22N2/c1-21-10-12-24(13-11-21)29-20-30(27-16-14-22-6-2-4-8-25(22)18-27)33-31(32-29)28-17-15-23-7-3-5-9-26(23)19-28/h2-20H,1H3. The third kappa shape index (κ3) is 3.77. The Hall–Kier alpha value is -4.30. The van der Waals surface area contributed by atoms with Crippen molar-refractivity contribution in [3.63, 3.8) is 0 Å². The summed E-state index contributed by atoms with van der Waals surface area (Å²) in [5, 5.41) is 4.83. The molecule has 0 amide bonds. The van der Waals surface area contributed by atoms with E-state index in [9.17, 15) is 0 Å². The molecule has 0 spiro atoms. The molecule has 0 unspecified atom stereocenters. The fraction of sp³-hybridized carbons (Fsp3) is 0.0323. The normalized spacial score (nSPS) is 11.2. The van der Waals surface area contributed by atoms with Gasteiger partial charge in [0.2, 0.25) is 0 Å². The average Bonchev–Trinajstić information content (AvgIpc) is 2.88. The van der Waals surface area contributed by atoms with Crippen LogP contribution >= 0.6 is 0 Å². The van der Waals surface area contributed by atoms with Crippen LogP contribution in [0.3, 0.4) is 0 Å². The van der Waals surface area contributed by atoms with Crippen LogP contribution in [0.25, 0.3) is 55.4 Å². The summed E-state index contributed by atoms with van der Waals surface area (Å²) in [6.07, 6.45) is 0. The predicted octanol–water partition coefficient (Wildman–Crippen LogP) is 8.09. The molecule has 0 fully saturated rings. The summed E-state index contributed by atoms with van der Waals surface area (Å²) >= 11 is 0. The molecule has 156 valence electrons. The molecule has 0 aliphatic heterocycles. The molecular formula is C31H22N2. The molecular weight excluding hydrogens is 400 g/mol. The Balaban J connectivity index is 1.56. The Bertz CT molecular complexity index is 1520. The van der Waals surface area contributed by atoms with Crippen molar-refractivity contribution < 1.29 is 0 Å². The quantitative estimate of drug-likeness (QED) is 0.288. The lowest BCUT2D eigenvalue weighted by Gasteiger charge is -2.11. The zero-order chi connectivity index (χ0) is 22.2. The molecule has 2 nitrogen and oxygen atoms in total. The van der Waals surface area contributed by atoms with Gasteiger partial charge in [0.25, 0.3) is 0 Å². The van der Waals surface area contributed by atoms with Gasteiger partial charge in [-0.25, -0.2) is 9.97 Å². The van der Waals surface area contributed by atoms with Gasteiger partial charge in [-0.05, 0) is 46.7 Å². The van der Waals surface area contributed by atoms with Crippen LogP contribution in [0.1, 0.15) is 5.56 Å². The molecule has 6 aromatic rings. The van der Waals surface area contributed by atoms with E-state index in [1.165, 1.54) is 27.1 Å². The van der Waals surface area contributed by atoms with Gasteiger partial charge in [0.1, 0.15) is 0 Å². The summed E-state index contributed by atoms with van der Waals surface area (Å²) in [5.74, 6) is 0.738. The Kier molecular flexibility index (Phi) is 4.70. The maximum Gasteiger partial charge on any atom is 0.160 e. The molecule has 0 saturated carbocycles. The molecule has 2 heteroatoms. The van der Waals surface area contributed by atoms with E-state index in [-0.39, 0.29) is 0 Å². The average molecular weight is 423 g/mol. The highest BCUT2D eigenvalue weighted by Crippen LogP contribution is 2.30. The van der Waals surface area contributed by atoms with Crippen LogP contribution in [-0.2, 0) is 0 Å². The van der Waals surface area contributed by atoms with Crippen LogP contribution in [-0.4, -0.2) is 9.97 Å². The summed E-state index contributed by atoms with van der Waals surface area (Å²) in [6, 6.07) is 40.4. The summed E-state index contributed by atoms with van der Waals surface area (Å²) < 4.78 is 0. The van der Waals surface area contributed by atoms with Gasteiger partial charge in [-0.1, -0.05) is 103 Å². The second kappa shape index (κ2) is 7.99. The van der Waals surface area contributed by atoms with Gasteiger partial charge in [-0.2, -0.15) is 0 Å². The summed E-state index contributed by atoms with van der Waals surface area (Å²) in [6.45, 7) is 2.10. The Morgan fingerprint density at radius 3 is 1.55 bits per heavy atom. The van der Waals surface area contributed by atoms with Crippen LogP contribution in [0.4, 0.5) is 0 Å². The van der Waals surface area contributed by atoms with E-state index in [0.717, 1.165) is 33.9 Å². The molecule has 1 heterocycles. The molecule has 1 aromatic heterocycles. The van der Waals surface area contributed by atoms with Crippen LogP contribution in [0.15, 0.2) is 115 Å². The lowest BCUT2D eigenvalue weighted by molar-refractivity contribution is 1.18. The van der Waals surface area contributed by atoms with Crippen molar-refractivity contribution in [2.45, 2.75) is 6.92 Å². The number of aromatic nitrogens is 2. The van der Waals surface area contributed by atoms with Gasteiger partial charge in [0.15, 0.2) is 5.82 Å². The predicted molar refractivity (Wildman–Crippen MR) is 138 cm³/mol. The highest BCUT2D eigenvalue weighted by molar-refractivity contribution is 5.89. The van der Waals surface area contributed by atoms with Crippen LogP contribution in [0, 0.1) is 6.92 Å². The number of aryl methyl sites for hydroxylation is 1. The van der Waals surface area contributed by atoms with Crippen molar-refractivity contribution in [1.82, 2.24) is 9.97 Å². The van der Waals surface area contributed by atoms with E-state index in [1.54, 1.807) is 0 Å². The lowest BCUT2D eigenvalue weighted by Crippen LogP contribution is -1.96. The van der Waals surface area contributed by atoms with Crippen molar-refractivity contribution in [3.05, 3.63) is 121 Å². The topological polar surface area (TPSA) is 25.8 Å². The number of rotatable bonds is 3. The van der Waals surface area contributed by atoms with Gasteiger partial charge >= 0.3 is 0 Å². The zero-order valence-electron chi connectivity index (χ0n) is 18.4. The van der Waals surface area contributed by atoms with Crippen molar-refractivity contribution in [1.29, 1.82) is 0 Å². The highest BCUT2D eigenvalue weighted by Gasteiger charge is 2.11. The molecule has 0 aliphatic rings. The minimum Gasteiger partial charge on any atom is -0.228 e. The Morgan fingerprint density at radius 1 is 0.424 bits per heavy atom. The van der Waals surface area contributed by atoms with E-state index in [2.05, 4.69) is 122 Å². The second-order valence-corrected chi connectivity index (χ2v) is 8.45. The van der Waals surface area contributed by atoms with E-state index in [1.807, 2.05) is 0 Å².